The average Bonchev–Trinajstić information content (AvgIpc) is 2.18. The van der Waals surface area contributed by atoms with Crippen molar-refractivity contribution in [1.29, 1.82) is 0 Å². The Kier molecular flexibility index (Phi) is 5.45. The summed E-state index contributed by atoms with van der Waals surface area (Å²) in [5.41, 5.74) is 0. The van der Waals surface area contributed by atoms with Gasteiger partial charge >= 0.3 is 0 Å². The molecule has 1 heterocycles. The maximum atomic E-state index is 5.47. The number of ether oxygens (including phenoxy) is 1. The van der Waals surface area contributed by atoms with Gasteiger partial charge in [-0.05, 0) is 6.42 Å². The van der Waals surface area contributed by atoms with Crippen LogP contribution in [0.4, 0.5) is 0 Å². The molecule has 3 heteroatoms. The van der Waals surface area contributed by atoms with E-state index in [1.54, 1.807) is 0 Å². The van der Waals surface area contributed by atoms with Crippen LogP contribution in [-0.4, -0.2) is 49.8 Å². The Hall–Kier alpha value is -0.120. The zero-order valence-corrected chi connectivity index (χ0v) is 9.75. The predicted molar refractivity (Wildman–Crippen MR) is 59.6 cm³/mol. The van der Waals surface area contributed by atoms with Gasteiger partial charge in [0.1, 0.15) is 0 Å². The summed E-state index contributed by atoms with van der Waals surface area (Å²) in [4.78, 5) is 2.54. The highest BCUT2D eigenvalue weighted by Crippen LogP contribution is 2.08. The molecule has 0 spiro atoms. The molecule has 1 unspecified atom stereocenters. The lowest BCUT2D eigenvalue weighted by Crippen LogP contribution is -2.48. The molecule has 1 N–H and O–H groups in total. The Morgan fingerprint density at radius 3 is 2.93 bits per heavy atom. The summed E-state index contributed by atoms with van der Waals surface area (Å²) in [6.07, 6.45) is 1.20. The molecule has 1 fully saturated rings. The minimum Gasteiger partial charge on any atom is -0.378 e. The van der Waals surface area contributed by atoms with Gasteiger partial charge in [0.05, 0.1) is 13.2 Å². The van der Waals surface area contributed by atoms with E-state index in [0.717, 1.165) is 32.8 Å². The van der Waals surface area contributed by atoms with Gasteiger partial charge in [0, 0.05) is 31.7 Å². The van der Waals surface area contributed by atoms with Crippen LogP contribution in [0.15, 0.2) is 0 Å². The molecule has 0 saturated carbocycles. The maximum Gasteiger partial charge on any atom is 0.0622 e. The van der Waals surface area contributed by atoms with Crippen molar-refractivity contribution >= 4 is 0 Å². The van der Waals surface area contributed by atoms with Gasteiger partial charge in [-0.1, -0.05) is 20.8 Å². The summed E-state index contributed by atoms with van der Waals surface area (Å²) in [5, 5.41) is 3.45. The molecule has 1 rings (SSSR count). The van der Waals surface area contributed by atoms with E-state index in [1.807, 2.05) is 0 Å². The molecule has 0 aromatic heterocycles. The number of rotatable bonds is 5. The summed E-state index contributed by atoms with van der Waals surface area (Å²) >= 11 is 0. The molecule has 84 valence electrons. The summed E-state index contributed by atoms with van der Waals surface area (Å²) in [6.45, 7) is 11.8. The van der Waals surface area contributed by atoms with E-state index in [4.69, 9.17) is 4.74 Å². The van der Waals surface area contributed by atoms with Crippen LogP contribution < -0.4 is 5.32 Å². The third-order valence-corrected chi connectivity index (χ3v) is 2.77. The molecule has 14 heavy (non-hydrogen) atoms. The molecule has 1 saturated heterocycles. The van der Waals surface area contributed by atoms with Crippen LogP contribution in [-0.2, 0) is 4.74 Å². The molecule has 0 aromatic carbocycles. The lowest BCUT2D eigenvalue weighted by molar-refractivity contribution is -0.00799. The van der Waals surface area contributed by atoms with Crippen LogP contribution in [0.3, 0.4) is 0 Å². The van der Waals surface area contributed by atoms with Crippen LogP contribution in [0.1, 0.15) is 27.2 Å². The van der Waals surface area contributed by atoms with Gasteiger partial charge in [-0.15, -0.1) is 0 Å². The Morgan fingerprint density at radius 1 is 1.50 bits per heavy atom. The molecule has 0 amide bonds. The fourth-order valence-electron chi connectivity index (χ4n) is 1.86. The molecule has 0 aliphatic carbocycles. The van der Waals surface area contributed by atoms with Gasteiger partial charge in [0.2, 0.25) is 0 Å². The molecule has 1 aliphatic heterocycles. The molecule has 0 bridgehead atoms. The fraction of sp³-hybridized carbons (Fsp3) is 1.00. The fourth-order valence-corrected chi connectivity index (χ4v) is 1.86. The van der Waals surface area contributed by atoms with Crippen molar-refractivity contribution in [2.75, 3.05) is 32.8 Å². The van der Waals surface area contributed by atoms with E-state index in [2.05, 4.69) is 31.0 Å². The van der Waals surface area contributed by atoms with Crippen LogP contribution in [0.25, 0.3) is 0 Å². The Labute approximate surface area is 87.8 Å². The van der Waals surface area contributed by atoms with Crippen molar-refractivity contribution in [3.05, 3.63) is 0 Å². The number of morpholine rings is 1. The molecule has 1 atom stereocenters. The van der Waals surface area contributed by atoms with Gasteiger partial charge in [0.25, 0.3) is 0 Å². The summed E-state index contributed by atoms with van der Waals surface area (Å²) in [7, 11) is 0. The summed E-state index contributed by atoms with van der Waals surface area (Å²) in [5.74, 6) is 0. The molecular weight excluding hydrogens is 176 g/mol. The Morgan fingerprint density at radius 2 is 2.29 bits per heavy atom. The number of hydrogen-bond donors (Lipinski definition) is 1. The predicted octanol–water partition coefficient (Wildman–Crippen LogP) is 1.10. The first-order valence-electron chi connectivity index (χ1n) is 5.79. The summed E-state index contributed by atoms with van der Waals surface area (Å²) < 4.78 is 5.47. The van der Waals surface area contributed by atoms with Gasteiger partial charge in [0.15, 0.2) is 0 Å². The topological polar surface area (TPSA) is 24.5 Å². The second kappa shape index (κ2) is 6.38. The van der Waals surface area contributed by atoms with Crippen molar-refractivity contribution in [2.45, 2.75) is 39.3 Å². The third-order valence-electron chi connectivity index (χ3n) is 2.77. The van der Waals surface area contributed by atoms with E-state index >= 15 is 0 Å². The van der Waals surface area contributed by atoms with E-state index < -0.39 is 0 Å². The molecule has 0 radical (unpaired) electrons. The second-order valence-corrected chi connectivity index (χ2v) is 4.28. The smallest absolute Gasteiger partial charge is 0.0622 e. The van der Waals surface area contributed by atoms with Crippen molar-refractivity contribution in [1.82, 2.24) is 10.2 Å². The molecular formula is C11H24N2O. The van der Waals surface area contributed by atoms with Gasteiger partial charge in [-0.2, -0.15) is 0 Å². The van der Waals surface area contributed by atoms with Crippen LogP contribution in [0, 0.1) is 0 Å². The molecule has 3 nitrogen and oxygen atoms in total. The van der Waals surface area contributed by atoms with Gasteiger partial charge < -0.3 is 10.1 Å². The zero-order valence-electron chi connectivity index (χ0n) is 9.75. The van der Waals surface area contributed by atoms with Crippen LogP contribution in [0.2, 0.25) is 0 Å². The highest BCUT2D eigenvalue weighted by molar-refractivity contribution is 4.74. The Balaban J connectivity index is 2.19. The van der Waals surface area contributed by atoms with Crippen LogP contribution in [0.5, 0.6) is 0 Å². The summed E-state index contributed by atoms with van der Waals surface area (Å²) in [6, 6.07) is 1.23. The second-order valence-electron chi connectivity index (χ2n) is 4.28. The van der Waals surface area contributed by atoms with Gasteiger partial charge in [-0.3, -0.25) is 4.90 Å². The van der Waals surface area contributed by atoms with E-state index in [-0.39, 0.29) is 0 Å². The van der Waals surface area contributed by atoms with E-state index in [0.29, 0.717) is 12.1 Å². The standard InChI is InChI=1S/C11H24N2O/c1-4-11-9-14-8-7-13(11)6-5-12-10(2)3/h10-12H,4-9H2,1-3H3. The van der Waals surface area contributed by atoms with Crippen molar-refractivity contribution in [3.8, 4) is 0 Å². The monoisotopic (exact) mass is 200 g/mol. The van der Waals surface area contributed by atoms with E-state index in [1.165, 1.54) is 6.42 Å². The molecule has 1 aliphatic rings. The number of hydrogen-bond acceptors (Lipinski definition) is 3. The minimum absolute atomic E-state index is 0.594. The van der Waals surface area contributed by atoms with E-state index in [9.17, 15) is 0 Å². The largest absolute Gasteiger partial charge is 0.378 e. The lowest BCUT2D eigenvalue weighted by Gasteiger charge is -2.35. The minimum atomic E-state index is 0.594. The quantitative estimate of drug-likeness (QED) is 0.719. The highest BCUT2D eigenvalue weighted by atomic mass is 16.5. The lowest BCUT2D eigenvalue weighted by atomic mass is 10.2. The van der Waals surface area contributed by atoms with Crippen molar-refractivity contribution in [2.24, 2.45) is 0 Å². The van der Waals surface area contributed by atoms with Gasteiger partial charge in [-0.25, -0.2) is 0 Å². The molecule has 0 aromatic rings. The Bertz CT molecular complexity index is 150. The van der Waals surface area contributed by atoms with Crippen molar-refractivity contribution < 1.29 is 4.74 Å². The highest BCUT2D eigenvalue weighted by Gasteiger charge is 2.20. The zero-order chi connectivity index (χ0) is 10.4. The first-order valence-corrected chi connectivity index (χ1v) is 5.79. The third kappa shape index (κ3) is 3.95. The first kappa shape index (κ1) is 12.0. The SMILES string of the molecule is CCC1COCCN1CCNC(C)C. The average molecular weight is 200 g/mol. The normalized spacial score (nSPS) is 24.4. The van der Waals surface area contributed by atoms with Crippen LogP contribution >= 0.6 is 0 Å². The maximum absolute atomic E-state index is 5.47. The van der Waals surface area contributed by atoms with Crippen molar-refractivity contribution in [3.63, 3.8) is 0 Å². The number of nitrogens with one attached hydrogen (secondary N) is 1. The first-order chi connectivity index (χ1) is 6.74. The number of nitrogens with zero attached hydrogens (tertiary/aromatic N) is 1.